The Hall–Kier alpha value is -2.66. The second-order valence-corrected chi connectivity index (χ2v) is 8.40. The van der Waals surface area contributed by atoms with E-state index in [1.165, 1.54) is 0 Å². The van der Waals surface area contributed by atoms with E-state index in [1.54, 1.807) is 0 Å². The Bertz CT molecular complexity index is 1120. The lowest BCUT2D eigenvalue weighted by molar-refractivity contribution is -0.117. The molecule has 0 spiro atoms. The monoisotopic (exact) mass is 434 g/mol. The minimum Gasteiger partial charge on any atom is -0.325 e. The van der Waals surface area contributed by atoms with Gasteiger partial charge in [0, 0.05) is 22.6 Å². The summed E-state index contributed by atoms with van der Waals surface area (Å²) in [4.78, 5) is 27.7. The Morgan fingerprint density at radius 2 is 1.75 bits per heavy atom. The van der Waals surface area contributed by atoms with E-state index in [0.29, 0.717) is 17.8 Å². The first-order valence-electron chi connectivity index (χ1n) is 9.54. The van der Waals surface area contributed by atoms with Crippen molar-refractivity contribution in [3.63, 3.8) is 0 Å². The van der Waals surface area contributed by atoms with E-state index in [1.807, 2.05) is 53.4 Å². The van der Waals surface area contributed by atoms with Crippen molar-refractivity contribution in [3.8, 4) is 0 Å². The second kappa shape index (κ2) is 6.74. The summed E-state index contributed by atoms with van der Waals surface area (Å²) in [7, 11) is 0. The van der Waals surface area contributed by atoms with Crippen LogP contribution in [0.2, 0.25) is 0 Å². The van der Waals surface area contributed by atoms with Crippen molar-refractivity contribution in [2.75, 3.05) is 16.8 Å². The van der Waals surface area contributed by atoms with Gasteiger partial charge in [0.05, 0.1) is 11.3 Å². The van der Waals surface area contributed by atoms with Crippen LogP contribution in [0.4, 0.5) is 11.4 Å². The number of benzene rings is 3. The van der Waals surface area contributed by atoms with Crippen LogP contribution in [0.15, 0.2) is 59.1 Å². The number of halogens is 1. The number of anilines is 2. The number of carbonyl (C=O) groups is 2. The van der Waals surface area contributed by atoms with Crippen LogP contribution in [0.5, 0.6) is 0 Å². The molecular formula is C23H19BrN2O2. The minimum atomic E-state index is -0.0714. The molecule has 0 aromatic heterocycles. The van der Waals surface area contributed by atoms with E-state index in [-0.39, 0.29) is 17.7 Å². The molecule has 2 aliphatic rings. The highest BCUT2D eigenvalue weighted by atomic mass is 79.9. The smallest absolute Gasteiger partial charge is 0.260 e. The molecule has 0 atom stereocenters. The fourth-order valence-electron chi connectivity index (χ4n) is 3.83. The Kier molecular flexibility index (Phi) is 4.20. The van der Waals surface area contributed by atoms with E-state index >= 15 is 0 Å². The number of hydrogen-bond donors (Lipinski definition) is 1. The highest BCUT2D eigenvalue weighted by molar-refractivity contribution is 9.10. The van der Waals surface area contributed by atoms with Gasteiger partial charge >= 0.3 is 0 Å². The fraction of sp³-hybridized carbons (Fsp3) is 0.217. The first-order valence-corrected chi connectivity index (χ1v) is 10.3. The van der Waals surface area contributed by atoms with E-state index in [2.05, 4.69) is 27.3 Å². The van der Waals surface area contributed by atoms with Gasteiger partial charge in [-0.15, -0.1) is 0 Å². The van der Waals surface area contributed by atoms with Crippen molar-refractivity contribution in [1.29, 1.82) is 0 Å². The summed E-state index contributed by atoms with van der Waals surface area (Å²) in [6, 6.07) is 17.7. The van der Waals surface area contributed by atoms with E-state index in [0.717, 1.165) is 45.8 Å². The predicted octanol–water partition coefficient (Wildman–Crippen LogP) is 5.15. The predicted molar refractivity (Wildman–Crippen MR) is 115 cm³/mol. The fourth-order valence-corrected chi connectivity index (χ4v) is 4.24. The van der Waals surface area contributed by atoms with Crippen molar-refractivity contribution < 1.29 is 9.59 Å². The molecule has 0 unspecified atom stereocenters. The maximum Gasteiger partial charge on any atom is 0.260 e. The molecule has 28 heavy (non-hydrogen) atoms. The molecule has 0 saturated heterocycles. The summed E-state index contributed by atoms with van der Waals surface area (Å²) in [6.45, 7) is 0.646. The number of carbonyl (C=O) groups excluding carboxylic acids is 2. The summed E-state index contributed by atoms with van der Waals surface area (Å²) in [6.07, 6.45) is 2.69. The summed E-state index contributed by atoms with van der Waals surface area (Å²) in [5.41, 5.74) is 3.25. The number of nitrogens with zero attached hydrogens (tertiary/aromatic N) is 1. The number of hydrogen-bond acceptors (Lipinski definition) is 2. The topological polar surface area (TPSA) is 49.4 Å². The summed E-state index contributed by atoms with van der Waals surface area (Å²) >= 11 is 3.50. The number of rotatable bonds is 3. The van der Waals surface area contributed by atoms with Crippen LogP contribution >= 0.6 is 15.9 Å². The third-order valence-corrected chi connectivity index (χ3v) is 6.00. The Balaban J connectivity index is 1.57. The van der Waals surface area contributed by atoms with Gasteiger partial charge in [-0.05, 0) is 65.9 Å². The highest BCUT2D eigenvalue weighted by Gasteiger charge is 2.32. The molecule has 4 nitrogen and oxygen atoms in total. The lowest BCUT2D eigenvalue weighted by Crippen LogP contribution is -2.30. The van der Waals surface area contributed by atoms with Gasteiger partial charge in [0.2, 0.25) is 5.91 Å². The van der Waals surface area contributed by atoms with Crippen LogP contribution in [-0.2, 0) is 11.2 Å². The van der Waals surface area contributed by atoms with Crippen molar-refractivity contribution in [2.45, 2.75) is 19.3 Å². The molecule has 1 aliphatic heterocycles. The molecule has 2 amide bonds. The average molecular weight is 435 g/mol. The summed E-state index contributed by atoms with van der Waals surface area (Å²) in [5.74, 6) is 0.0206. The normalized spacial score (nSPS) is 15.5. The van der Waals surface area contributed by atoms with E-state index in [9.17, 15) is 9.59 Å². The molecule has 3 aromatic carbocycles. The highest BCUT2D eigenvalue weighted by Crippen LogP contribution is 2.35. The van der Waals surface area contributed by atoms with Gasteiger partial charge in [-0.1, -0.05) is 40.2 Å². The maximum atomic E-state index is 13.5. The van der Waals surface area contributed by atoms with Gasteiger partial charge in [-0.3, -0.25) is 9.59 Å². The molecule has 0 radical (unpaired) electrons. The van der Waals surface area contributed by atoms with Crippen molar-refractivity contribution in [2.24, 2.45) is 5.92 Å². The number of fused-ring (bicyclic) bond motifs is 2. The first kappa shape index (κ1) is 17.4. The average Bonchev–Trinajstić information content (AvgIpc) is 3.47. The van der Waals surface area contributed by atoms with Crippen LogP contribution in [0.25, 0.3) is 10.8 Å². The molecule has 1 fully saturated rings. The SMILES string of the molecule is O=C(Nc1cc2ccccc2cc1C(=O)N1CCc2cc(Br)ccc21)C1CC1. The second-order valence-electron chi connectivity index (χ2n) is 7.49. The lowest BCUT2D eigenvalue weighted by Gasteiger charge is -2.20. The quantitative estimate of drug-likeness (QED) is 0.619. The van der Waals surface area contributed by atoms with Crippen molar-refractivity contribution in [1.82, 2.24) is 0 Å². The molecule has 1 aliphatic carbocycles. The van der Waals surface area contributed by atoms with Crippen molar-refractivity contribution >= 4 is 49.9 Å². The molecule has 0 bridgehead atoms. The standard InChI is InChI=1S/C23H19BrN2O2/c24-18-7-8-21-17(11-18)9-10-26(21)23(28)19-12-15-3-1-2-4-16(15)13-20(19)25-22(27)14-5-6-14/h1-4,7-8,11-14H,5-6,9-10H2,(H,25,27). The van der Waals surface area contributed by atoms with Crippen LogP contribution in [0.1, 0.15) is 28.8 Å². The molecular weight excluding hydrogens is 416 g/mol. The van der Waals surface area contributed by atoms with Gasteiger partial charge in [0.15, 0.2) is 0 Å². The number of amides is 2. The van der Waals surface area contributed by atoms with Gasteiger partial charge in [0.25, 0.3) is 5.91 Å². The summed E-state index contributed by atoms with van der Waals surface area (Å²) in [5, 5.41) is 5.01. The van der Waals surface area contributed by atoms with Crippen LogP contribution in [0, 0.1) is 5.92 Å². The molecule has 5 rings (SSSR count). The van der Waals surface area contributed by atoms with Gasteiger partial charge < -0.3 is 10.2 Å². The maximum absolute atomic E-state index is 13.5. The molecule has 1 heterocycles. The van der Waals surface area contributed by atoms with E-state index in [4.69, 9.17) is 0 Å². The molecule has 1 saturated carbocycles. The zero-order chi connectivity index (χ0) is 19.3. The Morgan fingerprint density at radius 3 is 2.50 bits per heavy atom. The third-order valence-electron chi connectivity index (χ3n) is 5.50. The molecule has 5 heteroatoms. The van der Waals surface area contributed by atoms with Crippen LogP contribution in [-0.4, -0.2) is 18.4 Å². The largest absolute Gasteiger partial charge is 0.325 e. The Labute approximate surface area is 171 Å². The van der Waals surface area contributed by atoms with Gasteiger partial charge in [-0.25, -0.2) is 0 Å². The van der Waals surface area contributed by atoms with Crippen LogP contribution < -0.4 is 10.2 Å². The Morgan fingerprint density at radius 1 is 1.00 bits per heavy atom. The summed E-state index contributed by atoms with van der Waals surface area (Å²) < 4.78 is 1.02. The molecule has 140 valence electrons. The van der Waals surface area contributed by atoms with E-state index < -0.39 is 0 Å². The lowest BCUT2D eigenvalue weighted by atomic mass is 10.0. The zero-order valence-electron chi connectivity index (χ0n) is 15.2. The van der Waals surface area contributed by atoms with Crippen molar-refractivity contribution in [3.05, 3.63) is 70.2 Å². The van der Waals surface area contributed by atoms with Gasteiger partial charge in [0.1, 0.15) is 0 Å². The minimum absolute atomic E-state index is 0.00934. The number of nitrogens with one attached hydrogen (secondary N) is 1. The molecule has 1 N–H and O–H groups in total. The van der Waals surface area contributed by atoms with Crippen LogP contribution in [0.3, 0.4) is 0 Å². The first-order chi connectivity index (χ1) is 13.6. The zero-order valence-corrected chi connectivity index (χ0v) is 16.8. The van der Waals surface area contributed by atoms with Gasteiger partial charge in [-0.2, -0.15) is 0 Å². The molecule has 3 aromatic rings. The third kappa shape index (κ3) is 3.10.